The van der Waals surface area contributed by atoms with Gasteiger partial charge in [0.25, 0.3) is 5.91 Å². The van der Waals surface area contributed by atoms with Crippen LogP contribution in [0.1, 0.15) is 68.1 Å². The molecule has 0 aliphatic heterocycles. The van der Waals surface area contributed by atoms with Crippen molar-refractivity contribution in [3.05, 3.63) is 65.2 Å². The molecule has 1 aliphatic carbocycles. The fourth-order valence-electron chi connectivity index (χ4n) is 4.44. The monoisotopic (exact) mass is 485 g/mol. The number of sulfonamides is 1. The lowest BCUT2D eigenvalue weighted by Crippen LogP contribution is -2.50. The number of carbonyl (C=O) groups excluding carboxylic acids is 2. The summed E-state index contributed by atoms with van der Waals surface area (Å²) >= 11 is 0. The van der Waals surface area contributed by atoms with Crippen molar-refractivity contribution in [2.24, 2.45) is 5.92 Å². The van der Waals surface area contributed by atoms with Gasteiger partial charge in [0.05, 0.1) is 10.9 Å². The fourth-order valence-corrected chi connectivity index (χ4v) is 5.94. The van der Waals surface area contributed by atoms with E-state index >= 15 is 0 Å². The Morgan fingerprint density at radius 1 is 1.06 bits per heavy atom. The van der Waals surface area contributed by atoms with Crippen molar-refractivity contribution in [1.29, 1.82) is 0 Å². The first kappa shape index (κ1) is 25.9. The van der Waals surface area contributed by atoms with E-state index in [2.05, 4.69) is 16.7 Å². The summed E-state index contributed by atoms with van der Waals surface area (Å²) in [5.41, 5.74) is 2.58. The lowest BCUT2D eigenvalue weighted by Gasteiger charge is -2.29. The van der Waals surface area contributed by atoms with Crippen LogP contribution in [-0.2, 0) is 21.2 Å². The zero-order chi connectivity index (χ0) is 24.9. The maximum atomic E-state index is 13.2. The van der Waals surface area contributed by atoms with E-state index in [1.807, 2.05) is 32.0 Å². The number of hydrogen-bond donors (Lipinski definition) is 2. The molecule has 0 spiro atoms. The largest absolute Gasteiger partial charge is 0.347 e. The molecule has 3 rings (SSSR count). The number of hydrogen-bond acceptors (Lipinski definition) is 4. The normalized spacial score (nSPS) is 16.7. The lowest BCUT2D eigenvalue weighted by atomic mass is 9.87. The number of nitrogens with one attached hydrogen (secondary N) is 2. The molecule has 2 atom stereocenters. The van der Waals surface area contributed by atoms with Crippen LogP contribution in [0.25, 0.3) is 0 Å². The number of benzene rings is 2. The third-order valence-corrected chi connectivity index (χ3v) is 8.41. The Morgan fingerprint density at radius 2 is 1.76 bits per heavy atom. The summed E-state index contributed by atoms with van der Waals surface area (Å²) in [5, 5.41) is 5.95. The number of amides is 2. The molecule has 8 heteroatoms. The molecule has 34 heavy (non-hydrogen) atoms. The zero-order valence-corrected chi connectivity index (χ0v) is 21.2. The van der Waals surface area contributed by atoms with Crippen LogP contribution in [0.5, 0.6) is 0 Å². The van der Waals surface area contributed by atoms with Gasteiger partial charge in [-0.15, -0.1) is 0 Å². The molecule has 2 aromatic carbocycles. The highest BCUT2D eigenvalue weighted by Gasteiger charge is 2.29. The zero-order valence-electron chi connectivity index (χ0n) is 20.4. The van der Waals surface area contributed by atoms with Gasteiger partial charge in [-0.3, -0.25) is 9.59 Å². The van der Waals surface area contributed by atoms with Crippen LogP contribution in [0.2, 0.25) is 0 Å². The first-order valence-corrected chi connectivity index (χ1v) is 13.4. The average Bonchev–Trinajstić information content (AvgIpc) is 2.83. The summed E-state index contributed by atoms with van der Waals surface area (Å²) in [4.78, 5) is 26.3. The van der Waals surface area contributed by atoms with Crippen molar-refractivity contribution in [1.82, 2.24) is 14.9 Å². The first-order valence-electron chi connectivity index (χ1n) is 12.0. The maximum Gasteiger partial charge on any atom is 0.251 e. The van der Waals surface area contributed by atoms with E-state index in [9.17, 15) is 18.0 Å². The molecule has 2 N–H and O–H groups in total. The molecule has 7 nitrogen and oxygen atoms in total. The van der Waals surface area contributed by atoms with Gasteiger partial charge in [0.2, 0.25) is 15.9 Å². The van der Waals surface area contributed by atoms with Crippen LogP contribution in [-0.4, -0.2) is 43.7 Å². The molecule has 0 saturated carbocycles. The van der Waals surface area contributed by atoms with Gasteiger partial charge in [-0.2, -0.15) is 4.31 Å². The molecule has 0 bridgehead atoms. The number of fused-ring (bicyclic) bond motifs is 1. The molecule has 0 fully saturated rings. The minimum absolute atomic E-state index is 0.0632. The van der Waals surface area contributed by atoms with Crippen LogP contribution >= 0.6 is 0 Å². The Labute approximate surface area is 203 Å². The second kappa shape index (κ2) is 11.1. The molecule has 0 unspecified atom stereocenters. The quantitative estimate of drug-likeness (QED) is 0.567. The number of nitrogens with zero attached hydrogens (tertiary/aromatic N) is 1. The number of aryl methyl sites for hydroxylation is 1. The summed E-state index contributed by atoms with van der Waals surface area (Å²) < 4.78 is 27.1. The van der Waals surface area contributed by atoms with E-state index in [-0.39, 0.29) is 28.3 Å². The van der Waals surface area contributed by atoms with Crippen molar-refractivity contribution in [2.75, 3.05) is 13.1 Å². The SMILES string of the molecule is CCN(CC)S(=O)(=O)c1cccc(C(=O)N[C@@H](C(=O)N[C@H]2CCCc3ccccc32)C(C)C)c1. The predicted octanol–water partition coefficient (Wildman–Crippen LogP) is 3.67. The first-order chi connectivity index (χ1) is 16.2. The molecular formula is C26H35N3O4S. The van der Waals surface area contributed by atoms with Gasteiger partial charge in [0.1, 0.15) is 6.04 Å². The third-order valence-electron chi connectivity index (χ3n) is 6.36. The van der Waals surface area contributed by atoms with Gasteiger partial charge >= 0.3 is 0 Å². The van der Waals surface area contributed by atoms with Gasteiger partial charge < -0.3 is 10.6 Å². The second-order valence-electron chi connectivity index (χ2n) is 8.96. The van der Waals surface area contributed by atoms with Gasteiger partial charge in [0, 0.05) is 18.7 Å². The van der Waals surface area contributed by atoms with Crippen molar-refractivity contribution in [3.8, 4) is 0 Å². The molecule has 0 saturated heterocycles. The van der Waals surface area contributed by atoms with E-state index in [1.165, 1.54) is 22.0 Å². The van der Waals surface area contributed by atoms with Crippen LogP contribution in [0.3, 0.4) is 0 Å². The van der Waals surface area contributed by atoms with Gasteiger partial charge in [0.15, 0.2) is 0 Å². The topological polar surface area (TPSA) is 95.6 Å². The van der Waals surface area contributed by atoms with Crippen LogP contribution in [0, 0.1) is 5.92 Å². The van der Waals surface area contributed by atoms with Crippen molar-refractivity contribution in [3.63, 3.8) is 0 Å². The summed E-state index contributed by atoms with van der Waals surface area (Å²) in [6.45, 7) is 7.98. The minimum atomic E-state index is -3.69. The van der Waals surface area contributed by atoms with Crippen LogP contribution in [0.4, 0.5) is 0 Å². The predicted molar refractivity (Wildman–Crippen MR) is 133 cm³/mol. The van der Waals surface area contributed by atoms with E-state index in [0.717, 1.165) is 24.8 Å². The smallest absolute Gasteiger partial charge is 0.251 e. The molecule has 0 aromatic heterocycles. The van der Waals surface area contributed by atoms with Gasteiger partial charge in [-0.05, 0) is 54.5 Å². The van der Waals surface area contributed by atoms with Gasteiger partial charge in [-0.1, -0.05) is 58.0 Å². The average molecular weight is 486 g/mol. The van der Waals surface area contributed by atoms with Crippen molar-refractivity contribution >= 4 is 21.8 Å². The molecule has 0 radical (unpaired) electrons. The summed E-state index contributed by atoms with van der Waals surface area (Å²) in [6, 6.07) is 13.3. The Kier molecular flexibility index (Phi) is 8.49. The molecule has 1 aliphatic rings. The van der Waals surface area contributed by atoms with Crippen LogP contribution < -0.4 is 10.6 Å². The van der Waals surface area contributed by atoms with E-state index in [4.69, 9.17) is 0 Å². The van der Waals surface area contributed by atoms with Crippen molar-refractivity contribution in [2.45, 2.75) is 63.9 Å². The Bertz CT molecular complexity index is 1130. The van der Waals surface area contributed by atoms with Crippen molar-refractivity contribution < 1.29 is 18.0 Å². The summed E-state index contributed by atoms with van der Waals surface area (Å²) in [6.07, 6.45) is 2.85. The molecular weight excluding hydrogens is 450 g/mol. The number of carbonyl (C=O) groups is 2. The standard InChI is InChI=1S/C26H35N3O4S/c1-5-29(6-2)34(32,33)21-14-9-13-20(17-21)25(30)28-24(18(3)4)26(31)27-23-16-10-12-19-11-7-8-15-22(19)23/h7-9,11,13-15,17-18,23-24H,5-6,10,12,16H2,1-4H3,(H,27,31)(H,28,30)/t23-,24+/m0/s1. The lowest BCUT2D eigenvalue weighted by molar-refractivity contribution is -0.124. The summed E-state index contributed by atoms with van der Waals surface area (Å²) in [5.74, 6) is -0.864. The third kappa shape index (κ3) is 5.67. The van der Waals surface area contributed by atoms with E-state index < -0.39 is 22.0 Å². The van der Waals surface area contributed by atoms with E-state index in [1.54, 1.807) is 26.0 Å². The van der Waals surface area contributed by atoms with Crippen LogP contribution in [0.15, 0.2) is 53.4 Å². The second-order valence-corrected chi connectivity index (χ2v) is 10.9. The highest BCUT2D eigenvalue weighted by atomic mass is 32.2. The maximum absolute atomic E-state index is 13.2. The minimum Gasteiger partial charge on any atom is -0.347 e. The molecule has 184 valence electrons. The highest BCUT2D eigenvalue weighted by molar-refractivity contribution is 7.89. The number of rotatable bonds is 9. The fraction of sp³-hybridized carbons (Fsp3) is 0.462. The molecule has 0 heterocycles. The van der Waals surface area contributed by atoms with E-state index in [0.29, 0.717) is 13.1 Å². The highest BCUT2D eigenvalue weighted by Crippen LogP contribution is 2.29. The molecule has 2 amide bonds. The Morgan fingerprint density at radius 3 is 2.44 bits per heavy atom. The van der Waals surface area contributed by atoms with Gasteiger partial charge in [-0.25, -0.2) is 8.42 Å². The summed E-state index contributed by atoms with van der Waals surface area (Å²) in [7, 11) is -3.69. The Hall–Kier alpha value is -2.71. The Balaban J connectivity index is 1.77. The molecule has 2 aromatic rings.